The van der Waals surface area contributed by atoms with E-state index >= 15 is 0 Å². The molecule has 0 fully saturated rings. The Kier molecular flexibility index (Phi) is 2.60. The van der Waals surface area contributed by atoms with E-state index in [0.717, 1.165) is 5.70 Å². The fraction of sp³-hybridized carbons (Fsp3) is 0.182. The molecule has 14 heavy (non-hydrogen) atoms. The zero-order chi connectivity index (χ0) is 10.9. The van der Waals surface area contributed by atoms with Gasteiger partial charge in [-0.1, -0.05) is 19.2 Å². The molecule has 1 N–H and O–H groups in total. The molecule has 3 heteroatoms. The van der Waals surface area contributed by atoms with Gasteiger partial charge in [-0.05, 0) is 13.6 Å². The van der Waals surface area contributed by atoms with Crippen molar-refractivity contribution in [2.24, 2.45) is 4.99 Å². The molecule has 74 valence electrons. The van der Waals surface area contributed by atoms with Crippen molar-refractivity contribution < 1.29 is 5.11 Å². The standard InChI is InChI=1S/C11H14N2O/c1-6-9-10(12-4)7(2)13(5)8(3)11(9)14/h6,14H,1-2,4H2,3,5H3. The molecule has 0 aromatic carbocycles. The molecule has 1 aliphatic rings. The van der Waals surface area contributed by atoms with Crippen LogP contribution in [0.4, 0.5) is 0 Å². The Morgan fingerprint density at radius 1 is 1.50 bits per heavy atom. The number of aliphatic imine (C=N–C) groups is 1. The molecule has 0 unspecified atom stereocenters. The number of allylic oxidation sites excluding steroid dienone is 2. The molecule has 0 radical (unpaired) electrons. The third-order valence-electron chi connectivity index (χ3n) is 2.40. The zero-order valence-corrected chi connectivity index (χ0v) is 8.54. The van der Waals surface area contributed by atoms with Crippen LogP contribution in [-0.4, -0.2) is 23.8 Å². The Morgan fingerprint density at radius 3 is 2.50 bits per heavy atom. The summed E-state index contributed by atoms with van der Waals surface area (Å²) in [6.45, 7) is 12.8. The number of aliphatic hydroxyl groups excluding tert-OH is 1. The lowest BCUT2D eigenvalue weighted by Crippen LogP contribution is -2.22. The van der Waals surface area contributed by atoms with Gasteiger partial charge in [0.2, 0.25) is 0 Å². The molecule has 0 saturated carbocycles. The summed E-state index contributed by atoms with van der Waals surface area (Å²) in [7, 11) is 1.82. The predicted octanol–water partition coefficient (Wildman–Crippen LogP) is 2.38. The van der Waals surface area contributed by atoms with Crippen molar-refractivity contribution in [1.29, 1.82) is 0 Å². The van der Waals surface area contributed by atoms with Crippen molar-refractivity contribution in [3.05, 3.63) is 47.7 Å². The number of hydrogen-bond donors (Lipinski definition) is 1. The van der Waals surface area contributed by atoms with Crippen molar-refractivity contribution in [3.8, 4) is 0 Å². The third-order valence-corrected chi connectivity index (χ3v) is 2.40. The minimum absolute atomic E-state index is 0.178. The van der Waals surface area contributed by atoms with Crippen molar-refractivity contribution in [2.45, 2.75) is 6.92 Å². The summed E-state index contributed by atoms with van der Waals surface area (Å²) in [5, 5.41) is 9.81. The van der Waals surface area contributed by atoms with Gasteiger partial charge in [0.1, 0.15) is 5.76 Å². The molecule has 0 aliphatic carbocycles. The fourth-order valence-electron chi connectivity index (χ4n) is 1.35. The quantitative estimate of drug-likeness (QED) is 0.678. The van der Waals surface area contributed by atoms with Gasteiger partial charge in [0.05, 0.1) is 17.1 Å². The van der Waals surface area contributed by atoms with Gasteiger partial charge in [-0.15, -0.1) is 0 Å². The summed E-state index contributed by atoms with van der Waals surface area (Å²) in [5.41, 5.74) is 2.61. The molecule has 3 nitrogen and oxygen atoms in total. The molecule has 1 heterocycles. The lowest BCUT2D eigenvalue weighted by Gasteiger charge is -2.29. The van der Waals surface area contributed by atoms with Crippen LogP contribution in [0.3, 0.4) is 0 Å². The van der Waals surface area contributed by atoms with Crippen LogP contribution in [0.5, 0.6) is 0 Å². The first-order chi connectivity index (χ1) is 6.54. The summed E-state index contributed by atoms with van der Waals surface area (Å²) in [4.78, 5) is 5.61. The Hall–Kier alpha value is -1.77. The minimum Gasteiger partial charge on any atom is -0.505 e. The highest BCUT2D eigenvalue weighted by Crippen LogP contribution is 2.31. The number of likely N-dealkylation sites (N-methyl/N-ethyl adjacent to an activating group) is 1. The van der Waals surface area contributed by atoms with Gasteiger partial charge in [-0.25, -0.2) is 0 Å². The molecule has 0 saturated heterocycles. The Bertz CT molecular complexity index is 375. The SMILES string of the molecule is C=CC1=C(N=C)C(=C)N(C)C(C)=C1O. The summed E-state index contributed by atoms with van der Waals surface area (Å²) in [5.74, 6) is 0.178. The van der Waals surface area contributed by atoms with Crippen LogP contribution in [0, 0.1) is 0 Å². The average molecular weight is 190 g/mol. The summed E-state index contributed by atoms with van der Waals surface area (Å²) >= 11 is 0. The van der Waals surface area contributed by atoms with Gasteiger partial charge in [-0.3, -0.25) is 4.99 Å². The molecule has 0 amide bonds. The lowest BCUT2D eigenvalue weighted by atomic mass is 10.0. The van der Waals surface area contributed by atoms with E-state index in [0.29, 0.717) is 17.0 Å². The largest absolute Gasteiger partial charge is 0.505 e. The summed E-state index contributed by atoms with van der Waals surface area (Å²) in [6, 6.07) is 0. The first-order valence-electron chi connectivity index (χ1n) is 4.21. The Morgan fingerprint density at radius 2 is 2.07 bits per heavy atom. The Balaban J connectivity index is 3.45. The van der Waals surface area contributed by atoms with E-state index in [1.54, 1.807) is 11.0 Å². The molecule has 0 aromatic heterocycles. The maximum Gasteiger partial charge on any atom is 0.144 e. The molecule has 0 bridgehead atoms. The third kappa shape index (κ3) is 1.27. The van der Waals surface area contributed by atoms with Crippen molar-refractivity contribution in [3.63, 3.8) is 0 Å². The van der Waals surface area contributed by atoms with Gasteiger partial charge < -0.3 is 10.0 Å². The summed E-state index contributed by atoms with van der Waals surface area (Å²) < 4.78 is 0. The second-order valence-electron chi connectivity index (χ2n) is 3.06. The van der Waals surface area contributed by atoms with E-state index in [9.17, 15) is 5.11 Å². The lowest BCUT2D eigenvalue weighted by molar-refractivity contribution is 0.376. The van der Waals surface area contributed by atoms with Crippen LogP contribution in [0.25, 0.3) is 0 Å². The molecule has 1 rings (SSSR count). The highest BCUT2D eigenvalue weighted by molar-refractivity contribution is 5.53. The molecular weight excluding hydrogens is 176 g/mol. The predicted molar refractivity (Wildman–Crippen MR) is 59.0 cm³/mol. The second-order valence-corrected chi connectivity index (χ2v) is 3.06. The number of rotatable bonds is 2. The normalized spacial score (nSPS) is 17.6. The van der Waals surface area contributed by atoms with E-state index < -0.39 is 0 Å². The van der Waals surface area contributed by atoms with E-state index in [4.69, 9.17) is 0 Å². The van der Waals surface area contributed by atoms with Crippen molar-refractivity contribution in [1.82, 2.24) is 4.90 Å². The Labute approximate surface area is 84.1 Å². The topological polar surface area (TPSA) is 35.8 Å². The van der Waals surface area contributed by atoms with E-state index in [-0.39, 0.29) is 5.76 Å². The van der Waals surface area contributed by atoms with Gasteiger partial charge in [0, 0.05) is 12.6 Å². The first-order valence-corrected chi connectivity index (χ1v) is 4.21. The van der Waals surface area contributed by atoms with Gasteiger partial charge in [-0.2, -0.15) is 0 Å². The van der Waals surface area contributed by atoms with Gasteiger partial charge in [0.15, 0.2) is 0 Å². The smallest absolute Gasteiger partial charge is 0.144 e. The van der Waals surface area contributed by atoms with Crippen LogP contribution >= 0.6 is 0 Å². The fourth-order valence-corrected chi connectivity index (χ4v) is 1.35. The van der Waals surface area contributed by atoms with Crippen LogP contribution in [-0.2, 0) is 0 Å². The molecule has 0 atom stereocenters. The maximum atomic E-state index is 9.81. The summed E-state index contributed by atoms with van der Waals surface area (Å²) in [6.07, 6.45) is 1.56. The number of hydrogen-bond acceptors (Lipinski definition) is 3. The van der Waals surface area contributed by atoms with E-state index in [1.165, 1.54) is 0 Å². The molecule has 0 spiro atoms. The monoisotopic (exact) mass is 190 g/mol. The minimum atomic E-state index is 0.178. The van der Waals surface area contributed by atoms with Crippen LogP contribution in [0.1, 0.15) is 6.92 Å². The highest BCUT2D eigenvalue weighted by Gasteiger charge is 2.23. The van der Waals surface area contributed by atoms with Gasteiger partial charge in [0.25, 0.3) is 0 Å². The molecule has 1 aliphatic heterocycles. The molecular formula is C11H14N2O. The van der Waals surface area contributed by atoms with Gasteiger partial charge >= 0.3 is 0 Å². The van der Waals surface area contributed by atoms with Crippen LogP contribution in [0.2, 0.25) is 0 Å². The number of nitrogens with zero attached hydrogens (tertiary/aromatic N) is 2. The maximum absolute atomic E-state index is 9.81. The average Bonchev–Trinajstić information content (AvgIpc) is 2.20. The van der Waals surface area contributed by atoms with E-state index in [2.05, 4.69) is 24.9 Å². The highest BCUT2D eigenvalue weighted by atomic mass is 16.3. The molecule has 0 aromatic rings. The second kappa shape index (κ2) is 3.54. The van der Waals surface area contributed by atoms with Crippen LogP contribution in [0.15, 0.2) is 52.6 Å². The van der Waals surface area contributed by atoms with Crippen molar-refractivity contribution in [2.75, 3.05) is 7.05 Å². The van der Waals surface area contributed by atoms with Crippen molar-refractivity contribution >= 4 is 6.72 Å². The first kappa shape index (κ1) is 10.3. The van der Waals surface area contributed by atoms with Crippen LogP contribution < -0.4 is 0 Å². The number of aliphatic hydroxyl groups is 1. The zero-order valence-electron chi connectivity index (χ0n) is 8.54. The van der Waals surface area contributed by atoms with E-state index in [1.807, 2.05) is 14.0 Å².